The van der Waals surface area contributed by atoms with E-state index in [0.717, 1.165) is 5.56 Å². The van der Waals surface area contributed by atoms with Gasteiger partial charge in [0.2, 0.25) is 0 Å². The summed E-state index contributed by atoms with van der Waals surface area (Å²) < 4.78 is 25.5. The second-order valence-electron chi connectivity index (χ2n) is 9.02. The molecule has 1 N–H and O–H groups in total. The second kappa shape index (κ2) is 11.6. The van der Waals surface area contributed by atoms with Gasteiger partial charge in [0.25, 0.3) is 5.91 Å². The van der Waals surface area contributed by atoms with Crippen LogP contribution in [-0.2, 0) is 6.61 Å². The fraction of sp³-hybridized carbons (Fsp3) is 0.129. The van der Waals surface area contributed by atoms with Crippen molar-refractivity contribution >= 4 is 28.7 Å². The van der Waals surface area contributed by atoms with Crippen LogP contribution in [0.25, 0.3) is 0 Å². The number of carbonyl (C=O) groups is 2. The van der Waals surface area contributed by atoms with Crippen molar-refractivity contribution in [3.63, 3.8) is 0 Å². The number of carboxylic acid groups (broad SMARTS) is 1. The highest BCUT2D eigenvalue weighted by Gasteiger charge is 2.37. The van der Waals surface area contributed by atoms with Gasteiger partial charge >= 0.3 is 5.97 Å². The lowest BCUT2D eigenvalue weighted by Crippen LogP contribution is -2.27. The van der Waals surface area contributed by atoms with E-state index in [2.05, 4.69) is 5.10 Å². The fourth-order valence-electron chi connectivity index (χ4n) is 4.35. The quantitative estimate of drug-likeness (QED) is 0.261. The van der Waals surface area contributed by atoms with Crippen molar-refractivity contribution in [1.82, 2.24) is 5.01 Å². The maximum atomic E-state index is 13.8. The zero-order valence-corrected chi connectivity index (χ0v) is 22.5. The van der Waals surface area contributed by atoms with Gasteiger partial charge in [-0.25, -0.2) is 14.2 Å². The number of halogens is 1. The first kappa shape index (κ1) is 27.0. The number of thioether (sulfide) groups is 1. The predicted octanol–water partition coefficient (Wildman–Crippen LogP) is 6.67. The maximum absolute atomic E-state index is 13.8. The number of aryl methyl sites for hydroxylation is 1. The number of nitrogens with zero attached hydrogens (tertiary/aromatic N) is 2. The van der Waals surface area contributed by atoms with Crippen molar-refractivity contribution in [2.75, 3.05) is 7.11 Å². The Morgan fingerprint density at radius 2 is 1.75 bits per heavy atom. The fourth-order valence-corrected chi connectivity index (χ4v) is 5.52. The molecule has 1 unspecified atom stereocenters. The number of benzene rings is 4. The molecule has 1 amide bonds. The first-order chi connectivity index (χ1) is 19.4. The van der Waals surface area contributed by atoms with Gasteiger partial charge in [-0.05, 0) is 66.6 Å². The molecule has 0 saturated carbocycles. The summed E-state index contributed by atoms with van der Waals surface area (Å²) in [5.74, 6) is -0.814. The van der Waals surface area contributed by atoms with Crippen LogP contribution in [0.1, 0.15) is 48.3 Å². The predicted molar refractivity (Wildman–Crippen MR) is 151 cm³/mol. The molecule has 1 aliphatic rings. The standard InChI is InChI=1S/C31H25FN2O5S/c1-19-7-3-4-10-24(19)29(35)34-30(40-28(33-34)21-13-15-23(32)16-14-21)25-11-6-12-26(27(25)38-2)39-18-20-8-5-9-22(17-20)31(36)37/h3-17,30H,18H2,1-2H3,(H,36,37). The summed E-state index contributed by atoms with van der Waals surface area (Å²) in [4.78, 5) is 25.1. The summed E-state index contributed by atoms with van der Waals surface area (Å²) in [6.07, 6.45) is 0. The van der Waals surface area contributed by atoms with Crippen molar-refractivity contribution in [2.45, 2.75) is 18.9 Å². The molecular formula is C31H25FN2O5S. The van der Waals surface area contributed by atoms with Crippen molar-refractivity contribution in [3.05, 3.63) is 130 Å². The highest BCUT2D eigenvalue weighted by Crippen LogP contribution is 2.47. The number of para-hydroxylation sites is 1. The number of carboxylic acids is 1. The molecular weight excluding hydrogens is 531 g/mol. The largest absolute Gasteiger partial charge is 0.492 e. The Morgan fingerprint density at radius 3 is 2.48 bits per heavy atom. The van der Waals surface area contributed by atoms with Gasteiger partial charge in [-0.2, -0.15) is 5.10 Å². The van der Waals surface area contributed by atoms with Crippen LogP contribution >= 0.6 is 11.8 Å². The number of rotatable bonds is 8. The van der Waals surface area contributed by atoms with E-state index in [1.165, 1.54) is 42.1 Å². The zero-order valence-electron chi connectivity index (χ0n) is 21.7. The molecule has 1 atom stereocenters. The third-order valence-corrected chi connectivity index (χ3v) is 7.58. The molecule has 0 fully saturated rings. The number of methoxy groups -OCH3 is 1. The van der Waals surface area contributed by atoms with Crippen LogP contribution in [0.5, 0.6) is 11.5 Å². The zero-order chi connectivity index (χ0) is 28.2. The first-order valence-corrected chi connectivity index (χ1v) is 13.3. The van der Waals surface area contributed by atoms with E-state index in [-0.39, 0.29) is 23.9 Å². The topological polar surface area (TPSA) is 88.4 Å². The molecule has 0 saturated heterocycles. The van der Waals surface area contributed by atoms with Crippen LogP contribution in [0.2, 0.25) is 0 Å². The van der Waals surface area contributed by atoms with E-state index in [9.17, 15) is 19.1 Å². The Labute approximate surface area is 234 Å². The van der Waals surface area contributed by atoms with Gasteiger partial charge in [0.1, 0.15) is 22.8 Å². The number of amides is 1. The number of hydrogen-bond donors (Lipinski definition) is 1. The molecule has 0 aromatic heterocycles. The molecule has 0 spiro atoms. The van der Waals surface area contributed by atoms with Crippen LogP contribution < -0.4 is 9.47 Å². The van der Waals surface area contributed by atoms with Gasteiger partial charge in [0, 0.05) is 16.7 Å². The number of hydrogen-bond acceptors (Lipinski definition) is 6. The van der Waals surface area contributed by atoms with Crippen LogP contribution in [-0.4, -0.2) is 34.1 Å². The third-order valence-electron chi connectivity index (χ3n) is 6.37. The minimum atomic E-state index is -1.02. The van der Waals surface area contributed by atoms with E-state index in [1.54, 1.807) is 54.6 Å². The molecule has 4 aromatic rings. The Kier molecular flexibility index (Phi) is 7.84. The van der Waals surface area contributed by atoms with Gasteiger partial charge < -0.3 is 14.6 Å². The average molecular weight is 557 g/mol. The van der Waals surface area contributed by atoms with Gasteiger partial charge in [0.15, 0.2) is 11.5 Å². The van der Waals surface area contributed by atoms with Crippen molar-refractivity contribution < 1.29 is 28.6 Å². The Bertz CT molecular complexity index is 1610. The molecule has 0 radical (unpaired) electrons. The number of carbonyl (C=O) groups excluding carboxylic acids is 1. The lowest BCUT2D eigenvalue weighted by Gasteiger charge is -2.24. The monoisotopic (exact) mass is 556 g/mol. The van der Waals surface area contributed by atoms with Crippen LogP contribution in [0, 0.1) is 12.7 Å². The first-order valence-electron chi connectivity index (χ1n) is 12.4. The van der Waals surface area contributed by atoms with Gasteiger partial charge in [0.05, 0.1) is 12.7 Å². The normalized spacial score (nSPS) is 14.5. The summed E-state index contributed by atoms with van der Waals surface area (Å²) in [6.45, 7) is 1.98. The number of aromatic carboxylic acids is 1. The summed E-state index contributed by atoms with van der Waals surface area (Å²) in [5, 5.41) is 15.4. The second-order valence-corrected chi connectivity index (χ2v) is 10.1. The van der Waals surface area contributed by atoms with E-state index in [0.29, 0.717) is 38.8 Å². The highest BCUT2D eigenvalue weighted by atomic mass is 32.2. The molecule has 7 nitrogen and oxygen atoms in total. The summed E-state index contributed by atoms with van der Waals surface area (Å²) in [7, 11) is 1.52. The van der Waals surface area contributed by atoms with E-state index >= 15 is 0 Å². The summed E-state index contributed by atoms with van der Waals surface area (Å²) in [5.41, 5.74) is 3.52. The minimum Gasteiger partial charge on any atom is -0.492 e. The Balaban J connectivity index is 1.50. The average Bonchev–Trinajstić information content (AvgIpc) is 3.41. The molecule has 4 aromatic carbocycles. The molecule has 0 aliphatic carbocycles. The lowest BCUT2D eigenvalue weighted by atomic mass is 10.1. The molecule has 0 bridgehead atoms. The van der Waals surface area contributed by atoms with Crippen LogP contribution in [0.4, 0.5) is 4.39 Å². The summed E-state index contributed by atoms with van der Waals surface area (Å²) >= 11 is 1.35. The van der Waals surface area contributed by atoms with E-state index < -0.39 is 11.3 Å². The smallest absolute Gasteiger partial charge is 0.335 e. The van der Waals surface area contributed by atoms with E-state index in [1.807, 2.05) is 25.1 Å². The number of ether oxygens (including phenoxy) is 2. The molecule has 202 valence electrons. The van der Waals surface area contributed by atoms with Crippen molar-refractivity contribution in [1.29, 1.82) is 0 Å². The van der Waals surface area contributed by atoms with Crippen LogP contribution in [0.15, 0.2) is 96.1 Å². The highest BCUT2D eigenvalue weighted by molar-refractivity contribution is 8.14. The molecule has 9 heteroatoms. The SMILES string of the molecule is COc1c(OCc2cccc(C(=O)O)c2)cccc1C1SC(c2ccc(F)cc2)=NN1C(=O)c1ccccc1C. The van der Waals surface area contributed by atoms with Crippen molar-refractivity contribution in [3.8, 4) is 11.5 Å². The van der Waals surface area contributed by atoms with Gasteiger partial charge in [-0.3, -0.25) is 4.79 Å². The van der Waals surface area contributed by atoms with E-state index in [4.69, 9.17) is 9.47 Å². The Morgan fingerprint density at radius 1 is 1.00 bits per heavy atom. The minimum absolute atomic E-state index is 0.113. The summed E-state index contributed by atoms with van der Waals surface area (Å²) in [6, 6.07) is 25.2. The third kappa shape index (κ3) is 5.55. The van der Waals surface area contributed by atoms with Gasteiger partial charge in [-0.15, -0.1) is 0 Å². The molecule has 1 heterocycles. The molecule has 1 aliphatic heterocycles. The lowest BCUT2D eigenvalue weighted by molar-refractivity contribution is 0.0695. The van der Waals surface area contributed by atoms with Gasteiger partial charge in [-0.1, -0.05) is 54.2 Å². The van der Waals surface area contributed by atoms with Crippen LogP contribution in [0.3, 0.4) is 0 Å². The Hall–Kier alpha value is -4.63. The maximum Gasteiger partial charge on any atom is 0.335 e. The number of hydrazone groups is 1. The van der Waals surface area contributed by atoms with Crippen molar-refractivity contribution in [2.24, 2.45) is 5.10 Å². The molecule has 5 rings (SSSR count). The molecule has 40 heavy (non-hydrogen) atoms.